The van der Waals surface area contributed by atoms with E-state index in [4.69, 9.17) is 4.74 Å². The highest BCUT2D eigenvalue weighted by molar-refractivity contribution is 5.71. The molecule has 0 saturated heterocycles. The molecule has 0 unspecified atom stereocenters. The zero-order chi connectivity index (χ0) is 11.8. The van der Waals surface area contributed by atoms with Crippen molar-refractivity contribution < 1.29 is 14.8 Å². The van der Waals surface area contributed by atoms with E-state index in [0.29, 0.717) is 0 Å². The average molecular weight is 228 g/mol. The third-order valence-electron chi connectivity index (χ3n) is 3.58. The summed E-state index contributed by atoms with van der Waals surface area (Å²) in [5.74, 6) is -0.0578. The Morgan fingerprint density at radius 3 is 2.38 bits per heavy atom. The molecule has 0 radical (unpaired) electrons. The molecule has 0 aliphatic heterocycles. The van der Waals surface area contributed by atoms with Crippen LogP contribution < -0.4 is 5.32 Å². The first-order chi connectivity index (χ1) is 7.74. The van der Waals surface area contributed by atoms with E-state index in [1.807, 2.05) is 6.92 Å². The minimum absolute atomic E-state index is 0.0236. The van der Waals surface area contributed by atoms with Gasteiger partial charge in [-0.3, -0.25) is 4.79 Å². The van der Waals surface area contributed by atoms with Gasteiger partial charge in [0.25, 0.3) is 0 Å². The molecule has 0 amide bonds. The summed E-state index contributed by atoms with van der Waals surface area (Å²) in [6.07, 6.45) is 9.52. The molecule has 1 fully saturated rings. The van der Waals surface area contributed by atoms with Gasteiger partial charge in [0.05, 0.1) is 19.7 Å². The van der Waals surface area contributed by atoms with Gasteiger partial charge in [0, 0.05) is 0 Å². The van der Waals surface area contributed by atoms with Crippen LogP contribution in [0.1, 0.15) is 51.9 Å². The second kappa shape index (κ2) is 7.66. The first kappa shape index (κ1) is 13.5. The maximum Gasteiger partial charge on any atom is 0.314 e. The van der Waals surface area contributed by atoms with E-state index in [-0.39, 0.29) is 11.9 Å². The minimum atomic E-state index is -0.0814. The molecule has 3 heteroatoms. The lowest BCUT2D eigenvalue weighted by atomic mass is 9.96. The molecule has 0 heterocycles. The minimum Gasteiger partial charge on any atom is -0.469 e. The molecule has 1 atom stereocenters. The van der Waals surface area contributed by atoms with Crippen LogP contribution in [0.4, 0.5) is 0 Å². The lowest BCUT2D eigenvalue weighted by Crippen LogP contribution is -2.91. The molecule has 94 valence electrons. The normalized spacial score (nSPS) is 20.9. The molecule has 16 heavy (non-hydrogen) atoms. The molecule has 3 nitrogen and oxygen atoms in total. The van der Waals surface area contributed by atoms with Gasteiger partial charge in [-0.05, 0) is 32.6 Å². The van der Waals surface area contributed by atoms with Gasteiger partial charge >= 0.3 is 5.97 Å². The van der Waals surface area contributed by atoms with Crippen LogP contribution in [0.2, 0.25) is 0 Å². The van der Waals surface area contributed by atoms with Crippen molar-refractivity contribution in [2.75, 3.05) is 13.7 Å². The molecule has 0 aromatic rings. The van der Waals surface area contributed by atoms with E-state index in [1.165, 1.54) is 52.1 Å². The number of nitrogens with two attached hydrogens (primary N) is 1. The Labute approximate surface area is 98.9 Å². The van der Waals surface area contributed by atoms with E-state index >= 15 is 0 Å². The van der Waals surface area contributed by atoms with Gasteiger partial charge in [-0.25, -0.2) is 0 Å². The molecule has 1 aliphatic carbocycles. The fourth-order valence-corrected chi connectivity index (χ4v) is 2.42. The number of rotatable bonds is 4. The van der Waals surface area contributed by atoms with Crippen molar-refractivity contribution in [2.24, 2.45) is 5.92 Å². The summed E-state index contributed by atoms with van der Waals surface area (Å²) in [4.78, 5) is 11.3. The van der Waals surface area contributed by atoms with E-state index in [9.17, 15) is 4.79 Å². The highest BCUT2D eigenvalue weighted by Crippen LogP contribution is 2.15. The zero-order valence-electron chi connectivity index (χ0n) is 10.7. The Kier molecular flexibility index (Phi) is 6.46. The van der Waals surface area contributed by atoms with Crippen LogP contribution in [0.15, 0.2) is 0 Å². The largest absolute Gasteiger partial charge is 0.469 e. The second-order valence-electron chi connectivity index (χ2n) is 5.00. The fourth-order valence-electron chi connectivity index (χ4n) is 2.42. The van der Waals surface area contributed by atoms with Crippen LogP contribution >= 0.6 is 0 Å². The van der Waals surface area contributed by atoms with Crippen molar-refractivity contribution in [3.8, 4) is 0 Å². The van der Waals surface area contributed by atoms with Gasteiger partial charge in [-0.15, -0.1) is 0 Å². The smallest absolute Gasteiger partial charge is 0.314 e. The standard InChI is InChI=1S/C13H25NO2/c1-11(13(15)16-2)10-14-12-8-6-4-3-5-7-9-12/h11-12,14H,3-10H2,1-2H3/p+1/t11-/m0/s1. The molecule has 1 saturated carbocycles. The number of carbonyl (C=O) groups is 1. The SMILES string of the molecule is COC(=O)[C@@H](C)C[NH2+]C1CCCCCCC1. The summed E-state index contributed by atoms with van der Waals surface area (Å²) in [6, 6.07) is 0.729. The van der Waals surface area contributed by atoms with Gasteiger partial charge in [-0.1, -0.05) is 19.3 Å². The van der Waals surface area contributed by atoms with Crippen molar-refractivity contribution in [2.45, 2.75) is 57.9 Å². The van der Waals surface area contributed by atoms with Crippen molar-refractivity contribution >= 4 is 5.97 Å². The van der Waals surface area contributed by atoms with Crippen molar-refractivity contribution in [1.29, 1.82) is 0 Å². The molecule has 0 spiro atoms. The van der Waals surface area contributed by atoms with Crippen LogP contribution in [-0.4, -0.2) is 25.7 Å². The first-order valence-electron chi connectivity index (χ1n) is 6.65. The summed E-state index contributed by atoms with van der Waals surface area (Å²) in [5.41, 5.74) is 0. The predicted molar refractivity (Wildman–Crippen MR) is 64.1 cm³/mol. The van der Waals surface area contributed by atoms with E-state index < -0.39 is 0 Å². The monoisotopic (exact) mass is 228 g/mol. The van der Waals surface area contributed by atoms with Crippen molar-refractivity contribution in [1.82, 2.24) is 0 Å². The molecule has 0 aromatic carbocycles. The van der Waals surface area contributed by atoms with Crippen LogP contribution in [0.5, 0.6) is 0 Å². The van der Waals surface area contributed by atoms with E-state index in [1.54, 1.807) is 0 Å². The van der Waals surface area contributed by atoms with E-state index in [2.05, 4.69) is 5.32 Å². The third kappa shape index (κ3) is 4.97. The summed E-state index contributed by atoms with van der Waals surface area (Å²) < 4.78 is 4.74. The van der Waals surface area contributed by atoms with Gasteiger partial charge in [0.15, 0.2) is 0 Å². The lowest BCUT2D eigenvalue weighted by molar-refractivity contribution is -0.694. The molecular weight excluding hydrogens is 202 g/mol. The van der Waals surface area contributed by atoms with Crippen LogP contribution in [0, 0.1) is 5.92 Å². The number of hydrogen-bond donors (Lipinski definition) is 1. The fraction of sp³-hybridized carbons (Fsp3) is 0.923. The molecule has 1 aliphatic rings. The Hall–Kier alpha value is -0.570. The third-order valence-corrected chi connectivity index (χ3v) is 3.58. The van der Waals surface area contributed by atoms with Crippen LogP contribution in [-0.2, 0) is 9.53 Å². The Morgan fingerprint density at radius 2 is 1.81 bits per heavy atom. The van der Waals surface area contributed by atoms with Crippen LogP contribution in [0.25, 0.3) is 0 Å². The van der Waals surface area contributed by atoms with Gasteiger partial charge < -0.3 is 10.1 Å². The summed E-state index contributed by atoms with van der Waals surface area (Å²) in [5, 5.41) is 2.35. The van der Waals surface area contributed by atoms with Gasteiger partial charge in [-0.2, -0.15) is 0 Å². The highest BCUT2D eigenvalue weighted by atomic mass is 16.5. The lowest BCUT2D eigenvalue weighted by Gasteiger charge is -2.19. The predicted octanol–water partition coefficient (Wildman–Crippen LogP) is 1.47. The molecule has 2 N–H and O–H groups in total. The summed E-state index contributed by atoms with van der Waals surface area (Å²) in [6.45, 7) is 2.82. The molecular formula is C13H26NO2+. The molecule has 1 rings (SSSR count). The molecule has 0 bridgehead atoms. The van der Waals surface area contributed by atoms with Crippen molar-refractivity contribution in [3.05, 3.63) is 0 Å². The Balaban J connectivity index is 2.21. The summed E-state index contributed by atoms with van der Waals surface area (Å²) >= 11 is 0. The Morgan fingerprint density at radius 1 is 1.25 bits per heavy atom. The maximum absolute atomic E-state index is 11.3. The topological polar surface area (TPSA) is 42.9 Å². The molecule has 0 aromatic heterocycles. The van der Waals surface area contributed by atoms with Crippen LogP contribution in [0.3, 0.4) is 0 Å². The van der Waals surface area contributed by atoms with Crippen molar-refractivity contribution in [3.63, 3.8) is 0 Å². The number of carbonyl (C=O) groups excluding carboxylic acids is 1. The zero-order valence-corrected chi connectivity index (χ0v) is 10.7. The number of ether oxygens (including phenoxy) is 1. The number of esters is 1. The number of quaternary nitrogens is 1. The van der Waals surface area contributed by atoms with Gasteiger partial charge in [0.2, 0.25) is 0 Å². The average Bonchev–Trinajstić information content (AvgIpc) is 2.26. The van der Waals surface area contributed by atoms with E-state index in [0.717, 1.165) is 12.6 Å². The van der Waals surface area contributed by atoms with Gasteiger partial charge in [0.1, 0.15) is 5.92 Å². The highest BCUT2D eigenvalue weighted by Gasteiger charge is 2.19. The summed E-state index contributed by atoms with van der Waals surface area (Å²) in [7, 11) is 1.47. The Bertz CT molecular complexity index is 198. The quantitative estimate of drug-likeness (QED) is 0.741. The number of hydrogen-bond acceptors (Lipinski definition) is 2. The number of methoxy groups -OCH3 is 1. The maximum atomic E-state index is 11.3. The first-order valence-corrected chi connectivity index (χ1v) is 6.65. The second-order valence-corrected chi connectivity index (χ2v) is 5.00.